The molecule has 0 amide bonds. The molecular formula is C47H49GeIrN5O-2. The van der Waals surface area contributed by atoms with E-state index in [0.29, 0.717) is 23.1 Å². The van der Waals surface area contributed by atoms with Crippen molar-refractivity contribution >= 4 is 50.8 Å². The van der Waals surface area contributed by atoms with E-state index >= 15 is 0 Å². The molecule has 5 heterocycles. The van der Waals surface area contributed by atoms with Crippen LogP contribution >= 0.6 is 0 Å². The number of hydrogen-bond acceptors (Lipinski definition) is 5. The Bertz CT molecular complexity index is 2610. The molecule has 1 radical (unpaired) electrons. The summed E-state index contributed by atoms with van der Waals surface area (Å²) >= 11 is -1.73. The van der Waals surface area contributed by atoms with Crippen LogP contribution in [0, 0.1) is 39.8 Å². The molecule has 0 spiro atoms. The quantitative estimate of drug-likeness (QED) is 0.123. The van der Waals surface area contributed by atoms with Gasteiger partial charge in [-0.15, -0.1) is 17.7 Å². The standard InChI is InChI=1S/C32H31N4O.C15H18GeN.Ir/c1-17(2)23-9-8-10-24(18(3)4)30(23)36-27-16-33-20(6)14-26(27)35-31(36)22-11-12-25-28(15-22)37-32-29(25)19(5)13-21(7)34-32;1-12-5-7-13(8-6-12)15-10-9-14(11-17-15)16(2,3)4;/h8-14,16-18H,1-7H3;5-7,9-11H,1-4H3;/q2*-1;. The van der Waals surface area contributed by atoms with Crippen molar-refractivity contribution in [1.82, 2.24) is 24.5 Å². The molecule has 0 aliphatic heterocycles. The number of para-hydroxylation sites is 1. The average Bonchev–Trinajstić information content (AvgIpc) is 3.69. The summed E-state index contributed by atoms with van der Waals surface area (Å²) in [5.74, 6) is 8.67. The number of aryl methyl sites for hydroxylation is 4. The predicted molar refractivity (Wildman–Crippen MR) is 227 cm³/mol. The van der Waals surface area contributed by atoms with Gasteiger partial charge in [-0.25, -0.2) is 4.98 Å². The summed E-state index contributed by atoms with van der Waals surface area (Å²) < 4.78 is 9.95. The number of pyridine rings is 3. The summed E-state index contributed by atoms with van der Waals surface area (Å²) in [5, 5.41) is 2.07. The zero-order valence-corrected chi connectivity index (χ0v) is 38.2. The van der Waals surface area contributed by atoms with Gasteiger partial charge in [0.05, 0.1) is 28.6 Å². The molecule has 0 atom stereocenters. The molecule has 8 aromatic rings. The number of imidazole rings is 1. The van der Waals surface area contributed by atoms with E-state index < -0.39 is 13.3 Å². The maximum Gasteiger partial charge on any atom is 0.216 e. The SMILES string of the molecule is Cc1c[c-]c(-c2cc[c]([Ge]([CH3])([CH3])[CH3])cn2)cc1.Cc1cc2nc(-c3[c-]c4oc5nc(C)cc(C)c5c4cc3)n(-c3c(C(C)C)cccc3C(C)C)c2cn1.[Ir]. The van der Waals surface area contributed by atoms with Crippen molar-refractivity contribution in [3.8, 4) is 28.3 Å². The second-order valence-electron chi connectivity index (χ2n) is 16.1. The van der Waals surface area contributed by atoms with Crippen LogP contribution in [-0.2, 0) is 20.1 Å². The molecule has 283 valence electrons. The molecule has 3 aromatic carbocycles. The molecule has 0 aliphatic rings. The Balaban J connectivity index is 0.000000241. The normalized spacial score (nSPS) is 11.7. The molecule has 0 N–H and O–H groups in total. The first-order chi connectivity index (χ1) is 25.7. The Kier molecular flexibility index (Phi) is 11.7. The number of aromatic nitrogens is 5. The van der Waals surface area contributed by atoms with Crippen LogP contribution in [0.15, 0.2) is 89.6 Å². The Labute approximate surface area is 341 Å². The van der Waals surface area contributed by atoms with Gasteiger partial charge in [-0.2, -0.15) is 0 Å². The zero-order valence-electron chi connectivity index (χ0n) is 33.7. The van der Waals surface area contributed by atoms with Gasteiger partial charge in [0.1, 0.15) is 0 Å². The van der Waals surface area contributed by atoms with Crippen molar-refractivity contribution in [3.05, 3.63) is 131 Å². The van der Waals surface area contributed by atoms with Crippen LogP contribution in [0.25, 0.3) is 61.4 Å². The van der Waals surface area contributed by atoms with Crippen LogP contribution < -0.4 is 4.40 Å². The molecule has 0 saturated carbocycles. The molecule has 0 saturated heterocycles. The van der Waals surface area contributed by atoms with Crippen LogP contribution in [0.5, 0.6) is 0 Å². The maximum atomic E-state index is 6.22. The fourth-order valence-electron chi connectivity index (χ4n) is 7.10. The van der Waals surface area contributed by atoms with Gasteiger partial charge >= 0.3 is 106 Å². The van der Waals surface area contributed by atoms with Crippen LogP contribution in [-0.4, -0.2) is 37.8 Å². The minimum atomic E-state index is -1.73. The summed E-state index contributed by atoms with van der Waals surface area (Å²) in [6.07, 6.45) is 3.99. The molecule has 8 rings (SSSR count). The predicted octanol–water partition coefficient (Wildman–Crippen LogP) is 11.8. The second-order valence-corrected chi connectivity index (χ2v) is 26.8. The number of benzene rings is 3. The molecule has 0 bridgehead atoms. The van der Waals surface area contributed by atoms with Crippen LogP contribution in [0.3, 0.4) is 0 Å². The first-order valence-corrected chi connectivity index (χ1v) is 26.2. The maximum absolute atomic E-state index is 6.22. The summed E-state index contributed by atoms with van der Waals surface area (Å²) in [5.41, 5.74) is 14.2. The van der Waals surface area contributed by atoms with Crippen molar-refractivity contribution in [1.29, 1.82) is 0 Å². The summed E-state index contributed by atoms with van der Waals surface area (Å²) in [7, 11) is 0. The third-order valence-electron chi connectivity index (χ3n) is 10.0. The van der Waals surface area contributed by atoms with Gasteiger partial charge in [-0.1, -0.05) is 57.3 Å². The number of nitrogens with zero attached hydrogens (tertiary/aromatic N) is 5. The molecule has 8 heteroatoms. The van der Waals surface area contributed by atoms with Crippen molar-refractivity contribution in [2.45, 2.75) is 84.5 Å². The van der Waals surface area contributed by atoms with E-state index in [1.54, 1.807) is 0 Å². The molecular weight excluding hydrogens is 915 g/mol. The molecule has 0 fully saturated rings. The van der Waals surface area contributed by atoms with E-state index in [2.05, 4.69) is 157 Å². The van der Waals surface area contributed by atoms with Gasteiger partial charge in [0.2, 0.25) is 5.71 Å². The first kappa shape index (κ1) is 40.2. The van der Waals surface area contributed by atoms with E-state index in [4.69, 9.17) is 9.40 Å². The molecule has 0 aliphatic carbocycles. The minimum absolute atomic E-state index is 0. The smallest absolute Gasteiger partial charge is 0.216 e. The zero-order chi connectivity index (χ0) is 38.5. The molecule has 5 aromatic heterocycles. The fraction of sp³-hybridized carbons (Fsp3) is 0.277. The monoisotopic (exact) mass is 966 g/mol. The van der Waals surface area contributed by atoms with Gasteiger partial charge in [0.25, 0.3) is 0 Å². The van der Waals surface area contributed by atoms with E-state index in [1.807, 2.05) is 32.3 Å². The Morgan fingerprint density at radius 2 is 1.45 bits per heavy atom. The number of fused-ring (bicyclic) bond motifs is 4. The second kappa shape index (κ2) is 16.0. The van der Waals surface area contributed by atoms with E-state index in [1.165, 1.54) is 26.8 Å². The summed E-state index contributed by atoms with van der Waals surface area (Å²) in [4.78, 5) is 19.0. The molecule has 6 nitrogen and oxygen atoms in total. The first-order valence-electron chi connectivity index (χ1n) is 18.9. The average molecular weight is 965 g/mol. The molecule has 55 heavy (non-hydrogen) atoms. The topological polar surface area (TPSA) is 69.6 Å². The largest absolute Gasteiger partial charge is 0.459 e. The van der Waals surface area contributed by atoms with E-state index in [-0.39, 0.29) is 20.1 Å². The van der Waals surface area contributed by atoms with Crippen LogP contribution in [0.1, 0.15) is 73.2 Å². The van der Waals surface area contributed by atoms with Crippen molar-refractivity contribution in [2.75, 3.05) is 0 Å². The van der Waals surface area contributed by atoms with Gasteiger partial charge in [-0.05, 0) is 61.4 Å². The Hall–Kier alpha value is -4.43. The van der Waals surface area contributed by atoms with Crippen molar-refractivity contribution in [2.24, 2.45) is 0 Å². The third-order valence-corrected chi connectivity index (χ3v) is 14.3. The van der Waals surface area contributed by atoms with Crippen LogP contribution in [0.4, 0.5) is 0 Å². The van der Waals surface area contributed by atoms with Crippen molar-refractivity contribution < 1.29 is 24.5 Å². The Morgan fingerprint density at radius 3 is 2.07 bits per heavy atom. The van der Waals surface area contributed by atoms with Gasteiger partial charge < -0.3 is 8.98 Å². The molecule has 0 unspecified atom stereocenters. The van der Waals surface area contributed by atoms with Gasteiger partial charge in [0.15, 0.2) is 0 Å². The Morgan fingerprint density at radius 1 is 0.745 bits per heavy atom. The summed E-state index contributed by atoms with van der Waals surface area (Å²) in [6, 6.07) is 32.3. The number of rotatable bonds is 6. The van der Waals surface area contributed by atoms with E-state index in [0.717, 1.165) is 61.4 Å². The summed E-state index contributed by atoms with van der Waals surface area (Å²) in [6.45, 7) is 17.1. The number of hydrogen-bond donors (Lipinski definition) is 0. The van der Waals surface area contributed by atoms with E-state index in [9.17, 15) is 0 Å². The van der Waals surface area contributed by atoms with Crippen LogP contribution in [0.2, 0.25) is 17.3 Å². The van der Waals surface area contributed by atoms with Crippen molar-refractivity contribution in [3.63, 3.8) is 0 Å². The number of furan rings is 1. The minimum Gasteiger partial charge on any atom is -0.459 e. The third kappa shape index (κ3) is 8.12. The van der Waals surface area contributed by atoms with Gasteiger partial charge in [0, 0.05) is 42.6 Å². The van der Waals surface area contributed by atoms with Gasteiger partial charge in [-0.3, -0.25) is 9.97 Å². The fourth-order valence-corrected chi connectivity index (χ4v) is 9.27.